The minimum absolute atomic E-state index is 0.126. The Hall–Kier alpha value is -0.410. The summed E-state index contributed by atoms with van der Waals surface area (Å²) in [5.74, 6) is 4.20. The molecule has 3 aliphatic carbocycles. The fourth-order valence-electron chi connectivity index (χ4n) is 5.04. The molecule has 0 saturated heterocycles. The van der Waals surface area contributed by atoms with E-state index in [1.54, 1.807) is 6.07 Å². The van der Waals surface area contributed by atoms with E-state index < -0.39 is 0 Å². The van der Waals surface area contributed by atoms with Gasteiger partial charge in [-0.15, -0.1) is 0 Å². The topological polar surface area (TPSA) is 26.0 Å². The number of hydrogen-bond acceptors (Lipinski definition) is 1. The van der Waals surface area contributed by atoms with Crippen LogP contribution in [0.5, 0.6) is 0 Å². The van der Waals surface area contributed by atoms with Crippen molar-refractivity contribution in [2.24, 2.45) is 35.3 Å². The summed E-state index contributed by atoms with van der Waals surface area (Å²) in [6.45, 7) is 0. The average molecular weight is 324 g/mol. The molecule has 1 aromatic carbocycles. The van der Waals surface area contributed by atoms with Crippen molar-refractivity contribution in [3.05, 3.63) is 34.1 Å². The lowest BCUT2D eigenvalue weighted by atomic mass is 9.94. The number of fused-ring (bicyclic) bond motifs is 5. The van der Waals surface area contributed by atoms with E-state index >= 15 is 0 Å². The second-order valence-corrected chi connectivity index (χ2v) is 7.58. The van der Waals surface area contributed by atoms with Gasteiger partial charge in [-0.05, 0) is 73.0 Å². The molecule has 1 nitrogen and oxygen atoms in total. The van der Waals surface area contributed by atoms with E-state index in [2.05, 4.69) is 15.9 Å². The molecule has 4 rings (SSSR count). The Kier molecular flexibility index (Phi) is 2.79. The first kappa shape index (κ1) is 12.3. The normalized spacial score (nSPS) is 40.3. The summed E-state index contributed by atoms with van der Waals surface area (Å²) in [6, 6.07) is 5.46. The molecule has 0 aliphatic heterocycles. The Morgan fingerprint density at radius 1 is 1.26 bits per heavy atom. The predicted molar refractivity (Wildman–Crippen MR) is 77.1 cm³/mol. The number of rotatable bonds is 3. The standard InChI is InChI=1S/C16H19BrFN/c17-11-4-3-8(12(18)7-11)6-13(19)16-14-9-1-2-10(5-9)15(14)16/h3-4,7,9-10,13-16H,1-2,5-6,19H2. The largest absolute Gasteiger partial charge is 0.327 e. The SMILES string of the molecule is NC(Cc1ccc(Br)cc1F)C1C2C3CCC(C3)C12. The molecule has 3 saturated carbocycles. The highest BCUT2D eigenvalue weighted by atomic mass is 79.9. The Bertz CT molecular complexity index is 501. The van der Waals surface area contributed by atoms with Gasteiger partial charge in [0.25, 0.3) is 0 Å². The molecular weight excluding hydrogens is 305 g/mol. The van der Waals surface area contributed by atoms with Crippen LogP contribution >= 0.6 is 15.9 Å². The Morgan fingerprint density at radius 3 is 2.58 bits per heavy atom. The first-order valence-corrected chi connectivity index (χ1v) is 8.14. The van der Waals surface area contributed by atoms with Crippen molar-refractivity contribution in [1.29, 1.82) is 0 Å². The summed E-state index contributed by atoms with van der Waals surface area (Å²) in [6.07, 6.45) is 4.98. The molecule has 3 heteroatoms. The van der Waals surface area contributed by atoms with Crippen molar-refractivity contribution in [2.45, 2.75) is 31.7 Å². The van der Waals surface area contributed by atoms with Gasteiger partial charge in [-0.25, -0.2) is 4.39 Å². The molecule has 19 heavy (non-hydrogen) atoms. The van der Waals surface area contributed by atoms with Gasteiger partial charge in [0.1, 0.15) is 5.82 Å². The van der Waals surface area contributed by atoms with Gasteiger partial charge in [-0.3, -0.25) is 0 Å². The third kappa shape index (κ3) is 1.89. The molecule has 0 aromatic heterocycles. The summed E-state index contributed by atoms with van der Waals surface area (Å²) in [4.78, 5) is 0. The van der Waals surface area contributed by atoms with Gasteiger partial charge in [0.05, 0.1) is 0 Å². The van der Waals surface area contributed by atoms with Crippen LogP contribution in [0.1, 0.15) is 24.8 Å². The average Bonchev–Trinajstić information content (AvgIpc) is 2.82. The predicted octanol–water partition coefficient (Wildman–Crippen LogP) is 3.75. The smallest absolute Gasteiger partial charge is 0.127 e. The minimum atomic E-state index is -0.126. The summed E-state index contributed by atoms with van der Waals surface area (Å²) in [5.41, 5.74) is 7.15. The maximum atomic E-state index is 13.9. The maximum absolute atomic E-state index is 13.9. The third-order valence-corrected chi connectivity index (χ3v) is 6.25. The van der Waals surface area contributed by atoms with Crippen LogP contribution in [0.2, 0.25) is 0 Å². The highest BCUT2D eigenvalue weighted by Gasteiger charge is 2.65. The van der Waals surface area contributed by atoms with Gasteiger partial charge in [-0.1, -0.05) is 22.0 Å². The van der Waals surface area contributed by atoms with Crippen LogP contribution in [0.15, 0.2) is 22.7 Å². The highest BCUT2D eigenvalue weighted by Crippen LogP contribution is 2.70. The molecule has 5 unspecified atom stereocenters. The van der Waals surface area contributed by atoms with Gasteiger partial charge < -0.3 is 5.73 Å². The zero-order valence-electron chi connectivity index (χ0n) is 10.9. The second kappa shape index (κ2) is 4.29. The number of nitrogens with two attached hydrogens (primary N) is 1. The van der Waals surface area contributed by atoms with E-state index in [1.807, 2.05) is 12.1 Å². The minimum Gasteiger partial charge on any atom is -0.327 e. The van der Waals surface area contributed by atoms with Crippen molar-refractivity contribution < 1.29 is 4.39 Å². The number of benzene rings is 1. The van der Waals surface area contributed by atoms with Crippen molar-refractivity contribution >= 4 is 15.9 Å². The maximum Gasteiger partial charge on any atom is 0.127 e. The molecule has 3 aliphatic rings. The molecule has 0 radical (unpaired) electrons. The van der Waals surface area contributed by atoms with E-state index in [4.69, 9.17) is 5.73 Å². The molecule has 0 spiro atoms. The lowest BCUT2D eigenvalue weighted by molar-refractivity contribution is 0.407. The van der Waals surface area contributed by atoms with Gasteiger partial charge >= 0.3 is 0 Å². The van der Waals surface area contributed by atoms with Crippen LogP contribution in [0.25, 0.3) is 0 Å². The lowest BCUT2D eigenvalue weighted by Gasteiger charge is -2.16. The first-order valence-electron chi connectivity index (χ1n) is 7.34. The molecule has 2 N–H and O–H groups in total. The van der Waals surface area contributed by atoms with Crippen molar-refractivity contribution in [1.82, 2.24) is 0 Å². The summed E-state index contributed by atoms with van der Waals surface area (Å²) < 4.78 is 14.7. The molecule has 0 amide bonds. The fraction of sp³-hybridized carbons (Fsp3) is 0.625. The molecular formula is C16H19BrFN. The van der Waals surface area contributed by atoms with Crippen LogP contribution in [-0.2, 0) is 6.42 Å². The molecule has 1 aromatic rings. The van der Waals surface area contributed by atoms with Crippen molar-refractivity contribution in [3.63, 3.8) is 0 Å². The Balaban J connectivity index is 1.47. The molecule has 2 bridgehead atoms. The zero-order chi connectivity index (χ0) is 13.1. The zero-order valence-corrected chi connectivity index (χ0v) is 12.4. The van der Waals surface area contributed by atoms with Crippen molar-refractivity contribution in [2.75, 3.05) is 0 Å². The summed E-state index contributed by atoms with van der Waals surface area (Å²) >= 11 is 3.30. The summed E-state index contributed by atoms with van der Waals surface area (Å²) in [7, 11) is 0. The molecule has 0 heterocycles. The molecule has 3 fully saturated rings. The third-order valence-electron chi connectivity index (χ3n) is 5.76. The van der Waals surface area contributed by atoms with Crippen LogP contribution < -0.4 is 5.73 Å². The highest BCUT2D eigenvalue weighted by molar-refractivity contribution is 9.10. The Labute approximate surface area is 121 Å². The van der Waals surface area contributed by atoms with E-state index in [0.29, 0.717) is 12.3 Å². The quantitative estimate of drug-likeness (QED) is 0.900. The monoisotopic (exact) mass is 323 g/mol. The second-order valence-electron chi connectivity index (χ2n) is 6.67. The van der Waals surface area contributed by atoms with Crippen LogP contribution in [0, 0.1) is 35.4 Å². The van der Waals surface area contributed by atoms with E-state index in [1.165, 1.54) is 19.3 Å². The van der Waals surface area contributed by atoms with Crippen LogP contribution in [-0.4, -0.2) is 6.04 Å². The summed E-state index contributed by atoms with van der Waals surface area (Å²) in [5, 5.41) is 0. The van der Waals surface area contributed by atoms with E-state index in [-0.39, 0.29) is 11.9 Å². The fourth-order valence-corrected chi connectivity index (χ4v) is 5.38. The van der Waals surface area contributed by atoms with Crippen LogP contribution in [0.4, 0.5) is 4.39 Å². The van der Waals surface area contributed by atoms with Crippen molar-refractivity contribution in [3.8, 4) is 0 Å². The van der Waals surface area contributed by atoms with Gasteiger partial charge in [0, 0.05) is 10.5 Å². The molecule has 5 atom stereocenters. The van der Waals surface area contributed by atoms with Gasteiger partial charge in [-0.2, -0.15) is 0 Å². The van der Waals surface area contributed by atoms with Gasteiger partial charge in [0.15, 0.2) is 0 Å². The van der Waals surface area contributed by atoms with Gasteiger partial charge in [0.2, 0.25) is 0 Å². The van der Waals surface area contributed by atoms with Crippen LogP contribution in [0.3, 0.4) is 0 Å². The van der Waals surface area contributed by atoms with E-state index in [9.17, 15) is 4.39 Å². The number of hydrogen-bond donors (Lipinski definition) is 1. The molecule has 102 valence electrons. The Morgan fingerprint density at radius 2 is 1.95 bits per heavy atom. The lowest BCUT2D eigenvalue weighted by Crippen LogP contribution is -2.29. The number of halogens is 2. The first-order chi connectivity index (χ1) is 9.15. The van der Waals surface area contributed by atoms with E-state index in [0.717, 1.165) is 33.7 Å².